The van der Waals surface area contributed by atoms with Crippen molar-refractivity contribution in [1.82, 2.24) is 15.6 Å². The molecule has 0 saturated carbocycles. The number of aromatic amines is 1. The van der Waals surface area contributed by atoms with Gasteiger partial charge in [-0.3, -0.25) is 4.79 Å². The van der Waals surface area contributed by atoms with Gasteiger partial charge >= 0.3 is 0 Å². The first kappa shape index (κ1) is 12.2. The van der Waals surface area contributed by atoms with Crippen LogP contribution in [0.1, 0.15) is 24.1 Å². The minimum absolute atomic E-state index is 0.102. The monoisotopic (exact) mass is 257 g/mol. The van der Waals surface area contributed by atoms with Crippen LogP contribution in [0.15, 0.2) is 24.3 Å². The van der Waals surface area contributed by atoms with Gasteiger partial charge in [-0.25, -0.2) is 0 Å². The van der Waals surface area contributed by atoms with Crippen LogP contribution in [-0.4, -0.2) is 30.5 Å². The molecular weight excluding hydrogens is 238 g/mol. The van der Waals surface area contributed by atoms with E-state index in [-0.39, 0.29) is 11.8 Å². The van der Waals surface area contributed by atoms with Crippen molar-refractivity contribution >= 4 is 16.8 Å². The molecule has 2 aromatic rings. The van der Waals surface area contributed by atoms with E-state index < -0.39 is 0 Å². The van der Waals surface area contributed by atoms with E-state index in [2.05, 4.69) is 33.8 Å². The van der Waals surface area contributed by atoms with E-state index in [0.29, 0.717) is 13.1 Å². The van der Waals surface area contributed by atoms with E-state index in [1.165, 1.54) is 10.9 Å². The van der Waals surface area contributed by atoms with Gasteiger partial charge in [0.25, 0.3) is 0 Å². The summed E-state index contributed by atoms with van der Waals surface area (Å²) < 4.78 is 0. The zero-order valence-corrected chi connectivity index (χ0v) is 11.1. The number of carbonyl (C=O) groups excluding carboxylic acids is 1. The maximum Gasteiger partial charge on any atom is 0.230 e. The zero-order chi connectivity index (χ0) is 13.2. The maximum absolute atomic E-state index is 12.2. The van der Waals surface area contributed by atoms with Gasteiger partial charge in [-0.1, -0.05) is 18.2 Å². The minimum atomic E-state index is -0.121. The summed E-state index contributed by atoms with van der Waals surface area (Å²) in [4.78, 5) is 15.7. The number of fused-ring (bicyclic) bond motifs is 3. The fourth-order valence-corrected chi connectivity index (χ4v) is 2.87. The Morgan fingerprint density at radius 3 is 3.11 bits per heavy atom. The number of amides is 1. The minimum Gasteiger partial charge on any atom is -0.357 e. The van der Waals surface area contributed by atoms with Crippen molar-refractivity contribution in [3.63, 3.8) is 0 Å². The van der Waals surface area contributed by atoms with Crippen molar-refractivity contribution in [3.8, 4) is 0 Å². The Bertz CT molecular complexity index is 602. The SMILES string of the molecule is CCNC(=O)C1CNCCc2c1[nH]c1ccccc21. The molecule has 0 fully saturated rings. The third-order valence-electron chi connectivity index (χ3n) is 3.76. The Morgan fingerprint density at radius 2 is 2.26 bits per heavy atom. The van der Waals surface area contributed by atoms with Gasteiger partial charge in [0.1, 0.15) is 0 Å². The molecular formula is C15H19N3O. The van der Waals surface area contributed by atoms with Crippen LogP contribution in [0.3, 0.4) is 0 Å². The molecule has 1 atom stereocenters. The number of carbonyl (C=O) groups is 1. The lowest BCUT2D eigenvalue weighted by Crippen LogP contribution is -2.34. The van der Waals surface area contributed by atoms with Crippen LogP contribution in [-0.2, 0) is 11.2 Å². The Kier molecular flexibility index (Phi) is 3.25. The van der Waals surface area contributed by atoms with Crippen LogP contribution in [0, 0.1) is 0 Å². The highest BCUT2D eigenvalue weighted by atomic mass is 16.1. The van der Waals surface area contributed by atoms with E-state index >= 15 is 0 Å². The van der Waals surface area contributed by atoms with Gasteiger partial charge in [0.15, 0.2) is 0 Å². The highest BCUT2D eigenvalue weighted by Crippen LogP contribution is 2.29. The van der Waals surface area contributed by atoms with E-state index in [0.717, 1.165) is 24.2 Å². The number of para-hydroxylation sites is 1. The summed E-state index contributed by atoms with van der Waals surface area (Å²) in [6.45, 7) is 4.25. The Labute approximate surface area is 112 Å². The molecule has 100 valence electrons. The molecule has 1 aromatic carbocycles. The van der Waals surface area contributed by atoms with Crippen LogP contribution in [0.2, 0.25) is 0 Å². The van der Waals surface area contributed by atoms with Gasteiger partial charge in [0, 0.05) is 29.7 Å². The predicted molar refractivity (Wildman–Crippen MR) is 76.3 cm³/mol. The number of likely N-dealkylation sites (N-methyl/N-ethyl adjacent to an activating group) is 1. The molecule has 4 heteroatoms. The molecule has 0 saturated heterocycles. The molecule has 0 spiro atoms. The second kappa shape index (κ2) is 5.05. The molecule has 2 heterocycles. The molecule has 3 rings (SSSR count). The molecule has 1 aromatic heterocycles. The van der Waals surface area contributed by atoms with Crippen LogP contribution >= 0.6 is 0 Å². The fraction of sp³-hybridized carbons (Fsp3) is 0.400. The second-order valence-corrected chi connectivity index (χ2v) is 4.96. The normalized spacial score (nSPS) is 18.9. The first-order valence-corrected chi connectivity index (χ1v) is 6.89. The lowest BCUT2D eigenvalue weighted by atomic mass is 9.99. The molecule has 1 aliphatic heterocycles. The first-order chi connectivity index (χ1) is 9.31. The van der Waals surface area contributed by atoms with Gasteiger partial charge in [-0.2, -0.15) is 0 Å². The van der Waals surface area contributed by atoms with Crippen molar-refractivity contribution in [2.24, 2.45) is 0 Å². The van der Waals surface area contributed by atoms with Crippen molar-refractivity contribution in [3.05, 3.63) is 35.5 Å². The average molecular weight is 257 g/mol. The lowest BCUT2D eigenvalue weighted by molar-refractivity contribution is -0.122. The summed E-state index contributed by atoms with van der Waals surface area (Å²) in [5, 5.41) is 7.53. The molecule has 1 aliphatic rings. The standard InChI is InChI=1S/C15H19N3O/c1-2-17-15(19)12-9-16-8-7-11-10-5-3-4-6-13(10)18-14(11)12/h3-6,12,16,18H,2,7-9H2,1H3,(H,17,19). The molecule has 4 nitrogen and oxygen atoms in total. The van der Waals surface area contributed by atoms with Crippen LogP contribution in [0.5, 0.6) is 0 Å². The molecule has 19 heavy (non-hydrogen) atoms. The van der Waals surface area contributed by atoms with Crippen molar-refractivity contribution in [1.29, 1.82) is 0 Å². The van der Waals surface area contributed by atoms with Crippen molar-refractivity contribution in [2.45, 2.75) is 19.3 Å². The van der Waals surface area contributed by atoms with Gasteiger partial charge in [-0.05, 0) is 31.5 Å². The van der Waals surface area contributed by atoms with E-state index in [9.17, 15) is 4.79 Å². The molecule has 3 N–H and O–H groups in total. The molecule has 1 unspecified atom stereocenters. The third-order valence-corrected chi connectivity index (χ3v) is 3.76. The number of hydrogen-bond acceptors (Lipinski definition) is 2. The highest BCUT2D eigenvalue weighted by Gasteiger charge is 2.27. The smallest absolute Gasteiger partial charge is 0.230 e. The van der Waals surface area contributed by atoms with E-state index in [1.807, 2.05) is 13.0 Å². The summed E-state index contributed by atoms with van der Waals surface area (Å²) in [7, 11) is 0. The zero-order valence-electron chi connectivity index (χ0n) is 11.1. The van der Waals surface area contributed by atoms with Crippen molar-refractivity contribution in [2.75, 3.05) is 19.6 Å². The number of benzene rings is 1. The third kappa shape index (κ3) is 2.12. The summed E-state index contributed by atoms with van der Waals surface area (Å²) in [5.74, 6) is -0.0189. The predicted octanol–water partition coefficient (Wildman–Crippen LogP) is 1.53. The number of nitrogens with one attached hydrogen (secondary N) is 3. The number of H-pyrrole nitrogens is 1. The van der Waals surface area contributed by atoms with E-state index in [1.54, 1.807) is 0 Å². The quantitative estimate of drug-likeness (QED) is 0.764. The highest BCUT2D eigenvalue weighted by molar-refractivity contribution is 5.90. The molecule has 0 bridgehead atoms. The Hall–Kier alpha value is -1.81. The molecule has 0 radical (unpaired) electrons. The summed E-state index contributed by atoms with van der Waals surface area (Å²) in [6, 6.07) is 8.28. The number of rotatable bonds is 2. The van der Waals surface area contributed by atoms with Gasteiger partial charge in [-0.15, -0.1) is 0 Å². The van der Waals surface area contributed by atoms with Crippen LogP contribution in [0.25, 0.3) is 10.9 Å². The van der Waals surface area contributed by atoms with Gasteiger partial charge in [0.2, 0.25) is 5.91 Å². The van der Waals surface area contributed by atoms with Crippen molar-refractivity contribution < 1.29 is 4.79 Å². The summed E-state index contributed by atoms with van der Waals surface area (Å²) in [5.41, 5.74) is 3.50. The summed E-state index contributed by atoms with van der Waals surface area (Å²) in [6.07, 6.45) is 0.968. The Morgan fingerprint density at radius 1 is 1.42 bits per heavy atom. The number of aromatic nitrogens is 1. The van der Waals surface area contributed by atoms with Gasteiger partial charge in [0.05, 0.1) is 5.92 Å². The average Bonchev–Trinajstić information content (AvgIpc) is 2.64. The first-order valence-electron chi connectivity index (χ1n) is 6.89. The van der Waals surface area contributed by atoms with Crippen LogP contribution in [0.4, 0.5) is 0 Å². The van der Waals surface area contributed by atoms with Gasteiger partial charge < -0.3 is 15.6 Å². The topological polar surface area (TPSA) is 56.9 Å². The maximum atomic E-state index is 12.2. The Balaban J connectivity index is 2.09. The molecule has 0 aliphatic carbocycles. The van der Waals surface area contributed by atoms with E-state index in [4.69, 9.17) is 0 Å². The molecule has 1 amide bonds. The second-order valence-electron chi connectivity index (χ2n) is 4.96. The van der Waals surface area contributed by atoms with Crippen LogP contribution < -0.4 is 10.6 Å². The number of hydrogen-bond donors (Lipinski definition) is 3. The lowest BCUT2D eigenvalue weighted by Gasteiger charge is -2.14. The largest absolute Gasteiger partial charge is 0.357 e. The fourth-order valence-electron chi connectivity index (χ4n) is 2.87. The summed E-state index contributed by atoms with van der Waals surface area (Å²) >= 11 is 0.